The summed E-state index contributed by atoms with van der Waals surface area (Å²) in [5.74, 6) is 2.05. The highest BCUT2D eigenvalue weighted by atomic mass is 16.3. The lowest BCUT2D eigenvalue weighted by molar-refractivity contribution is 0.366. The molecule has 2 aromatic rings. The summed E-state index contributed by atoms with van der Waals surface area (Å²) in [5.41, 5.74) is 0. The van der Waals surface area contributed by atoms with Crippen molar-refractivity contribution < 1.29 is 4.42 Å². The third kappa shape index (κ3) is 4.07. The number of hydrogen-bond donors (Lipinski definition) is 1. The van der Waals surface area contributed by atoms with Gasteiger partial charge in [0.05, 0.1) is 6.26 Å². The molecule has 0 spiro atoms. The van der Waals surface area contributed by atoms with Crippen molar-refractivity contribution in [1.29, 1.82) is 0 Å². The third-order valence-corrected chi connectivity index (χ3v) is 4.23. The van der Waals surface area contributed by atoms with Crippen molar-refractivity contribution in [3.8, 4) is 0 Å². The Morgan fingerprint density at radius 1 is 1.41 bits per heavy atom. The SMILES string of the molecule is CC(CCc1ccco1)NC1CCCN(c2cccnn2)C1. The van der Waals surface area contributed by atoms with Crippen molar-refractivity contribution >= 4 is 5.82 Å². The van der Waals surface area contributed by atoms with Gasteiger partial charge in [-0.2, -0.15) is 5.10 Å². The Hall–Kier alpha value is -1.88. The second kappa shape index (κ2) is 7.40. The molecule has 1 aliphatic heterocycles. The number of aromatic nitrogens is 2. The molecule has 1 aliphatic rings. The van der Waals surface area contributed by atoms with Crippen LogP contribution in [0.15, 0.2) is 41.1 Å². The summed E-state index contributed by atoms with van der Waals surface area (Å²) in [4.78, 5) is 2.33. The van der Waals surface area contributed by atoms with Crippen LogP contribution in [0.3, 0.4) is 0 Å². The van der Waals surface area contributed by atoms with E-state index in [-0.39, 0.29) is 0 Å². The largest absolute Gasteiger partial charge is 0.469 e. The molecule has 22 heavy (non-hydrogen) atoms. The Morgan fingerprint density at radius 2 is 2.36 bits per heavy atom. The average Bonchev–Trinajstić information content (AvgIpc) is 3.08. The van der Waals surface area contributed by atoms with E-state index in [1.165, 1.54) is 12.8 Å². The second-order valence-electron chi connectivity index (χ2n) is 6.05. The van der Waals surface area contributed by atoms with Crippen LogP contribution in [0.5, 0.6) is 0 Å². The molecule has 5 heteroatoms. The zero-order valence-electron chi connectivity index (χ0n) is 13.1. The Morgan fingerprint density at radius 3 is 3.14 bits per heavy atom. The highest BCUT2D eigenvalue weighted by molar-refractivity contribution is 5.37. The van der Waals surface area contributed by atoms with Crippen molar-refractivity contribution in [2.45, 2.75) is 44.7 Å². The molecule has 2 aromatic heterocycles. The van der Waals surface area contributed by atoms with Crippen LogP contribution in [-0.2, 0) is 6.42 Å². The van der Waals surface area contributed by atoms with E-state index >= 15 is 0 Å². The van der Waals surface area contributed by atoms with Gasteiger partial charge in [0.15, 0.2) is 5.82 Å². The molecule has 0 aromatic carbocycles. The Balaban J connectivity index is 1.47. The molecule has 0 amide bonds. The van der Waals surface area contributed by atoms with Gasteiger partial charge in [-0.3, -0.25) is 0 Å². The predicted molar refractivity (Wildman–Crippen MR) is 86.9 cm³/mol. The second-order valence-corrected chi connectivity index (χ2v) is 6.05. The first-order valence-electron chi connectivity index (χ1n) is 8.12. The van der Waals surface area contributed by atoms with Gasteiger partial charge in [0.1, 0.15) is 5.76 Å². The van der Waals surface area contributed by atoms with Crippen LogP contribution in [0, 0.1) is 0 Å². The van der Waals surface area contributed by atoms with Crippen LogP contribution >= 0.6 is 0 Å². The fourth-order valence-corrected chi connectivity index (χ4v) is 3.08. The van der Waals surface area contributed by atoms with Crippen molar-refractivity contribution in [1.82, 2.24) is 15.5 Å². The molecule has 3 rings (SSSR count). The zero-order chi connectivity index (χ0) is 15.2. The van der Waals surface area contributed by atoms with Crippen LogP contribution in [-0.4, -0.2) is 35.4 Å². The topological polar surface area (TPSA) is 54.2 Å². The number of anilines is 1. The Bertz CT molecular complexity index is 543. The third-order valence-electron chi connectivity index (χ3n) is 4.23. The minimum Gasteiger partial charge on any atom is -0.469 e. The van der Waals surface area contributed by atoms with Gasteiger partial charge in [0, 0.05) is 37.8 Å². The molecule has 0 aliphatic carbocycles. The molecule has 0 radical (unpaired) electrons. The van der Waals surface area contributed by atoms with E-state index in [1.54, 1.807) is 12.5 Å². The van der Waals surface area contributed by atoms with Gasteiger partial charge >= 0.3 is 0 Å². The van der Waals surface area contributed by atoms with Gasteiger partial charge in [-0.15, -0.1) is 5.10 Å². The predicted octanol–water partition coefficient (Wildman–Crippen LogP) is 2.65. The summed E-state index contributed by atoms with van der Waals surface area (Å²) in [6, 6.07) is 8.98. The van der Waals surface area contributed by atoms with Crippen molar-refractivity contribution in [3.63, 3.8) is 0 Å². The lowest BCUT2D eigenvalue weighted by Gasteiger charge is -2.35. The van der Waals surface area contributed by atoms with E-state index in [4.69, 9.17) is 4.42 Å². The van der Waals surface area contributed by atoms with E-state index < -0.39 is 0 Å². The molecule has 1 fully saturated rings. The van der Waals surface area contributed by atoms with Crippen molar-refractivity contribution in [3.05, 3.63) is 42.5 Å². The average molecular weight is 300 g/mol. The smallest absolute Gasteiger partial charge is 0.151 e. The standard InChI is InChI=1S/C17H24N4O/c1-14(8-9-16-6-4-12-22-16)19-15-5-3-11-21(13-15)17-7-2-10-18-20-17/h2,4,6-7,10,12,14-15,19H,3,5,8-9,11,13H2,1H3. The highest BCUT2D eigenvalue weighted by Crippen LogP contribution is 2.17. The maximum absolute atomic E-state index is 5.40. The monoisotopic (exact) mass is 300 g/mol. The Kier molecular flexibility index (Phi) is 5.06. The van der Waals surface area contributed by atoms with Crippen LogP contribution in [0.1, 0.15) is 31.9 Å². The van der Waals surface area contributed by atoms with Crippen molar-refractivity contribution in [2.24, 2.45) is 0 Å². The number of nitrogens with one attached hydrogen (secondary N) is 1. The summed E-state index contributed by atoms with van der Waals surface area (Å²) in [6.45, 7) is 4.33. The van der Waals surface area contributed by atoms with Gasteiger partial charge < -0.3 is 14.6 Å². The number of piperidine rings is 1. The molecule has 3 heterocycles. The van der Waals surface area contributed by atoms with Crippen molar-refractivity contribution in [2.75, 3.05) is 18.0 Å². The molecule has 0 bridgehead atoms. The van der Waals surface area contributed by atoms with Crippen LogP contribution in [0.2, 0.25) is 0 Å². The molecular weight excluding hydrogens is 276 g/mol. The summed E-state index contributed by atoms with van der Waals surface area (Å²) in [7, 11) is 0. The summed E-state index contributed by atoms with van der Waals surface area (Å²) in [6.07, 6.45) is 7.96. The maximum Gasteiger partial charge on any atom is 0.151 e. The summed E-state index contributed by atoms with van der Waals surface area (Å²) >= 11 is 0. The lowest BCUT2D eigenvalue weighted by atomic mass is 10.0. The lowest BCUT2D eigenvalue weighted by Crippen LogP contribution is -2.48. The number of furan rings is 1. The highest BCUT2D eigenvalue weighted by Gasteiger charge is 2.22. The molecule has 1 N–H and O–H groups in total. The number of rotatable bonds is 6. The Labute approximate surface area is 131 Å². The normalized spacial score (nSPS) is 20.0. The fourth-order valence-electron chi connectivity index (χ4n) is 3.08. The number of aryl methyl sites for hydroxylation is 1. The van der Waals surface area contributed by atoms with Gasteiger partial charge in [0.2, 0.25) is 0 Å². The van der Waals surface area contributed by atoms with E-state index in [0.29, 0.717) is 12.1 Å². The minimum absolute atomic E-state index is 0.483. The van der Waals surface area contributed by atoms with Crippen LogP contribution in [0.25, 0.3) is 0 Å². The first kappa shape index (κ1) is 15.0. The summed E-state index contributed by atoms with van der Waals surface area (Å²) < 4.78 is 5.40. The number of hydrogen-bond acceptors (Lipinski definition) is 5. The molecule has 2 unspecified atom stereocenters. The quantitative estimate of drug-likeness (QED) is 0.889. The first-order valence-corrected chi connectivity index (χ1v) is 8.12. The minimum atomic E-state index is 0.483. The molecule has 118 valence electrons. The van der Waals surface area contributed by atoms with Crippen LogP contribution in [0.4, 0.5) is 5.82 Å². The molecule has 5 nitrogen and oxygen atoms in total. The van der Waals surface area contributed by atoms with Gasteiger partial charge in [0.25, 0.3) is 0 Å². The first-order chi connectivity index (χ1) is 10.8. The maximum atomic E-state index is 5.40. The molecule has 1 saturated heterocycles. The van der Waals surface area contributed by atoms with E-state index in [1.807, 2.05) is 24.3 Å². The zero-order valence-corrected chi connectivity index (χ0v) is 13.1. The summed E-state index contributed by atoms with van der Waals surface area (Å²) in [5, 5.41) is 12.0. The van der Waals surface area contributed by atoms with E-state index in [9.17, 15) is 0 Å². The molecular formula is C17H24N4O. The molecule has 2 atom stereocenters. The number of nitrogens with zero attached hydrogens (tertiary/aromatic N) is 3. The van der Waals surface area contributed by atoms with Gasteiger partial charge in [-0.05, 0) is 50.5 Å². The van der Waals surface area contributed by atoms with E-state index in [0.717, 1.165) is 37.5 Å². The van der Waals surface area contributed by atoms with Gasteiger partial charge in [-0.25, -0.2) is 0 Å². The van der Waals surface area contributed by atoms with Gasteiger partial charge in [-0.1, -0.05) is 0 Å². The van der Waals surface area contributed by atoms with Crippen LogP contribution < -0.4 is 10.2 Å². The molecule has 0 saturated carbocycles. The fraction of sp³-hybridized carbons (Fsp3) is 0.529. The van der Waals surface area contributed by atoms with E-state index in [2.05, 4.69) is 27.3 Å².